The monoisotopic (exact) mass is 393 g/mol. The Morgan fingerprint density at radius 2 is 1.93 bits per heavy atom. The Morgan fingerprint density at radius 1 is 1.21 bits per heavy atom. The van der Waals surface area contributed by atoms with Crippen LogP contribution >= 0.6 is 0 Å². The van der Waals surface area contributed by atoms with Crippen molar-refractivity contribution in [3.05, 3.63) is 57.6 Å². The molecule has 1 aliphatic heterocycles. The standard InChI is InChI=1S/C23H23NO5/c1-12-18(22(27)28-4)19(20-15(24-12)9-23(2,3)10-16(20)25)14-11-29-17-8-6-5-7-13(17)21(14)26/h5-8,11,18-19H,9-10H2,1-4H3/t18?,19-/m0/s1. The minimum absolute atomic E-state index is 0.0843. The fourth-order valence-corrected chi connectivity index (χ4v) is 4.52. The van der Waals surface area contributed by atoms with Gasteiger partial charge in [-0.1, -0.05) is 26.0 Å². The highest BCUT2D eigenvalue weighted by molar-refractivity contribution is 6.09. The lowest BCUT2D eigenvalue weighted by Crippen LogP contribution is -2.40. The fourth-order valence-electron chi connectivity index (χ4n) is 4.52. The molecule has 0 amide bonds. The Labute approximate surface area is 168 Å². The number of ketones is 1. The lowest BCUT2D eigenvalue weighted by molar-refractivity contribution is -0.143. The fraction of sp³-hybridized carbons (Fsp3) is 0.391. The van der Waals surface area contributed by atoms with Crippen LogP contribution in [-0.2, 0) is 14.3 Å². The topological polar surface area (TPSA) is 85.9 Å². The number of benzene rings is 1. The molecule has 1 aliphatic carbocycles. The van der Waals surface area contributed by atoms with Crippen molar-refractivity contribution < 1.29 is 18.7 Å². The number of aliphatic imine (C=N–C) groups is 1. The van der Waals surface area contributed by atoms with E-state index in [1.165, 1.54) is 13.4 Å². The van der Waals surface area contributed by atoms with Gasteiger partial charge in [0.1, 0.15) is 11.5 Å². The van der Waals surface area contributed by atoms with Gasteiger partial charge in [-0.3, -0.25) is 19.4 Å². The summed E-state index contributed by atoms with van der Waals surface area (Å²) in [5, 5.41) is 0.416. The maximum Gasteiger partial charge on any atom is 0.315 e. The summed E-state index contributed by atoms with van der Waals surface area (Å²) in [6.07, 6.45) is 2.32. The average Bonchev–Trinajstić information content (AvgIpc) is 2.66. The molecule has 6 nitrogen and oxygen atoms in total. The second-order valence-electron chi connectivity index (χ2n) is 8.55. The molecule has 0 saturated heterocycles. The van der Waals surface area contributed by atoms with Crippen LogP contribution in [-0.4, -0.2) is 24.6 Å². The molecule has 29 heavy (non-hydrogen) atoms. The molecule has 2 atom stereocenters. The molecule has 2 aliphatic rings. The van der Waals surface area contributed by atoms with Crippen molar-refractivity contribution in [1.82, 2.24) is 0 Å². The molecule has 0 fully saturated rings. The van der Waals surface area contributed by atoms with Crippen molar-refractivity contribution in [3.63, 3.8) is 0 Å². The Morgan fingerprint density at radius 3 is 2.66 bits per heavy atom. The lowest BCUT2D eigenvalue weighted by Gasteiger charge is -2.38. The maximum absolute atomic E-state index is 13.3. The van der Waals surface area contributed by atoms with Crippen molar-refractivity contribution in [3.8, 4) is 0 Å². The van der Waals surface area contributed by atoms with Gasteiger partial charge in [-0.2, -0.15) is 0 Å². The van der Waals surface area contributed by atoms with Crippen LogP contribution in [0.25, 0.3) is 11.0 Å². The molecule has 0 saturated carbocycles. The van der Waals surface area contributed by atoms with Gasteiger partial charge in [0, 0.05) is 34.9 Å². The minimum atomic E-state index is -0.840. The maximum atomic E-state index is 13.3. The van der Waals surface area contributed by atoms with Gasteiger partial charge in [0.05, 0.1) is 18.8 Å². The number of methoxy groups -OCH3 is 1. The summed E-state index contributed by atoms with van der Waals surface area (Å²) >= 11 is 0. The molecule has 0 radical (unpaired) electrons. The van der Waals surface area contributed by atoms with Gasteiger partial charge in [0.25, 0.3) is 0 Å². The zero-order chi connectivity index (χ0) is 20.9. The number of carbonyl (C=O) groups excluding carboxylic acids is 2. The van der Waals surface area contributed by atoms with Gasteiger partial charge in [0.2, 0.25) is 0 Å². The van der Waals surface area contributed by atoms with E-state index < -0.39 is 17.8 Å². The van der Waals surface area contributed by atoms with E-state index in [2.05, 4.69) is 4.99 Å². The summed E-state index contributed by atoms with van der Waals surface area (Å²) in [5.41, 5.74) is 1.91. The second kappa shape index (κ2) is 6.79. The van der Waals surface area contributed by atoms with Gasteiger partial charge in [0.15, 0.2) is 11.2 Å². The number of carbonyl (C=O) groups is 2. The van der Waals surface area contributed by atoms with Crippen LogP contribution in [0.2, 0.25) is 0 Å². The van der Waals surface area contributed by atoms with Gasteiger partial charge >= 0.3 is 5.97 Å². The highest BCUT2D eigenvalue weighted by Crippen LogP contribution is 2.47. The van der Waals surface area contributed by atoms with Crippen molar-refractivity contribution in [1.29, 1.82) is 0 Å². The molecule has 0 bridgehead atoms. The molecule has 2 heterocycles. The Balaban J connectivity index is 1.99. The number of nitrogens with zero attached hydrogens (tertiary/aromatic N) is 1. The van der Waals surface area contributed by atoms with E-state index in [1.54, 1.807) is 31.2 Å². The third kappa shape index (κ3) is 3.12. The smallest absolute Gasteiger partial charge is 0.315 e. The van der Waals surface area contributed by atoms with Crippen LogP contribution < -0.4 is 5.43 Å². The number of hydrogen-bond acceptors (Lipinski definition) is 6. The largest absolute Gasteiger partial charge is 0.468 e. The number of allylic oxidation sites excluding steroid dienone is 2. The highest BCUT2D eigenvalue weighted by Gasteiger charge is 2.47. The number of para-hydroxylation sites is 1. The normalized spacial score (nSPS) is 23.6. The van der Waals surface area contributed by atoms with E-state index in [0.29, 0.717) is 40.8 Å². The number of fused-ring (bicyclic) bond motifs is 1. The average molecular weight is 393 g/mol. The molecule has 1 aromatic heterocycles. The summed E-state index contributed by atoms with van der Waals surface area (Å²) < 4.78 is 10.7. The predicted octanol–water partition coefficient (Wildman–Crippen LogP) is 3.78. The number of rotatable bonds is 2. The summed E-state index contributed by atoms with van der Waals surface area (Å²) in [7, 11) is 1.30. The summed E-state index contributed by atoms with van der Waals surface area (Å²) in [6, 6.07) is 6.94. The molecule has 6 heteroatoms. The van der Waals surface area contributed by atoms with Crippen LogP contribution in [0.1, 0.15) is 45.1 Å². The molecule has 1 unspecified atom stereocenters. The van der Waals surface area contributed by atoms with Gasteiger partial charge in [-0.15, -0.1) is 0 Å². The van der Waals surface area contributed by atoms with E-state index in [-0.39, 0.29) is 22.2 Å². The highest BCUT2D eigenvalue weighted by atomic mass is 16.5. The van der Waals surface area contributed by atoms with Crippen LogP contribution in [0.4, 0.5) is 0 Å². The third-order valence-electron chi connectivity index (χ3n) is 5.80. The Kier molecular flexibility index (Phi) is 4.52. The van der Waals surface area contributed by atoms with Crippen molar-refractivity contribution in [2.45, 2.75) is 39.5 Å². The Hall–Kier alpha value is -3.02. The zero-order valence-electron chi connectivity index (χ0n) is 16.9. The Bertz CT molecular complexity index is 1150. The molecule has 4 rings (SSSR count). The van der Waals surface area contributed by atoms with Gasteiger partial charge < -0.3 is 9.15 Å². The van der Waals surface area contributed by atoms with E-state index >= 15 is 0 Å². The SMILES string of the molecule is COC(=O)C1C(C)=NC2=C(C(=O)CC(C)(C)C2)[C@H]1c1coc2ccccc2c1=O. The number of hydrogen-bond donors (Lipinski definition) is 0. The molecule has 150 valence electrons. The molecule has 0 spiro atoms. The first-order valence-electron chi connectivity index (χ1n) is 9.63. The first kappa shape index (κ1) is 19.3. The minimum Gasteiger partial charge on any atom is -0.468 e. The zero-order valence-corrected chi connectivity index (χ0v) is 16.9. The van der Waals surface area contributed by atoms with Crippen LogP contribution in [0.5, 0.6) is 0 Å². The number of Topliss-reactive ketones (excluding diaryl/α,β-unsaturated/α-hetero) is 1. The first-order chi connectivity index (χ1) is 13.7. The molecular weight excluding hydrogens is 370 g/mol. The van der Waals surface area contributed by atoms with Crippen LogP contribution in [0, 0.1) is 11.3 Å². The van der Waals surface area contributed by atoms with E-state index in [0.717, 1.165) is 0 Å². The third-order valence-corrected chi connectivity index (χ3v) is 5.80. The molecule has 0 N–H and O–H groups in total. The number of ether oxygens (including phenoxy) is 1. The van der Waals surface area contributed by atoms with Crippen molar-refractivity contribution in [2.75, 3.05) is 7.11 Å². The van der Waals surface area contributed by atoms with Crippen molar-refractivity contribution in [2.24, 2.45) is 16.3 Å². The van der Waals surface area contributed by atoms with Crippen LogP contribution in [0.3, 0.4) is 0 Å². The predicted molar refractivity (Wildman–Crippen MR) is 109 cm³/mol. The summed E-state index contributed by atoms with van der Waals surface area (Å²) in [4.78, 5) is 43.8. The summed E-state index contributed by atoms with van der Waals surface area (Å²) in [6.45, 7) is 5.78. The first-order valence-corrected chi connectivity index (χ1v) is 9.63. The summed E-state index contributed by atoms with van der Waals surface area (Å²) in [5.74, 6) is -2.21. The molecule has 2 aromatic rings. The van der Waals surface area contributed by atoms with E-state index in [1.807, 2.05) is 13.8 Å². The second-order valence-corrected chi connectivity index (χ2v) is 8.55. The van der Waals surface area contributed by atoms with Crippen LogP contribution in [0.15, 0.2) is 56.0 Å². The van der Waals surface area contributed by atoms with E-state index in [4.69, 9.17) is 9.15 Å². The molecular formula is C23H23NO5. The molecule has 1 aromatic carbocycles. The quantitative estimate of drug-likeness (QED) is 0.725. The lowest BCUT2D eigenvalue weighted by atomic mass is 9.67. The van der Waals surface area contributed by atoms with Gasteiger partial charge in [-0.25, -0.2) is 0 Å². The van der Waals surface area contributed by atoms with E-state index in [9.17, 15) is 14.4 Å². The van der Waals surface area contributed by atoms with Crippen molar-refractivity contribution >= 4 is 28.4 Å². The van der Waals surface area contributed by atoms with Gasteiger partial charge in [-0.05, 0) is 30.9 Å². The number of esters is 1.